The van der Waals surface area contributed by atoms with Gasteiger partial charge in [-0.05, 0) is 13.5 Å². The minimum absolute atomic E-state index is 1.25. The third kappa shape index (κ3) is 6.31. The molecule has 0 bridgehead atoms. The van der Waals surface area contributed by atoms with E-state index in [1.54, 1.807) is 11.9 Å². The second-order valence-corrected chi connectivity index (χ2v) is 2.86. The molecular weight excluding hydrogens is 118 g/mol. The highest BCUT2D eigenvalue weighted by atomic mass is 32.2. The Kier molecular flexibility index (Phi) is 7.59. The summed E-state index contributed by atoms with van der Waals surface area (Å²) < 4.78 is 3.04. The first-order chi connectivity index (χ1) is 3.91. The Morgan fingerprint density at radius 1 is 1.38 bits per heavy atom. The van der Waals surface area contributed by atoms with Crippen LogP contribution >= 0.6 is 11.9 Å². The van der Waals surface area contributed by atoms with Crippen molar-refractivity contribution in [3.8, 4) is 0 Å². The molecule has 0 amide bonds. The van der Waals surface area contributed by atoms with E-state index in [0.29, 0.717) is 0 Å². The largest absolute Gasteiger partial charge is 0.267 e. The van der Waals surface area contributed by atoms with Crippen LogP contribution in [-0.2, 0) is 0 Å². The number of unbranched alkanes of at least 4 members (excludes halogenated alkanes) is 2. The standard InChI is InChI=1S/C6H15NS/c1-3-4-5-6-8-7-2/h7H,3-6H2,1-2H3. The second-order valence-electron chi connectivity index (χ2n) is 1.76. The maximum Gasteiger partial charge on any atom is 0.00785 e. The third-order valence-electron chi connectivity index (χ3n) is 0.994. The average molecular weight is 133 g/mol. The van der Waals surface area contributed by atoms with Crippen LogP contribution < -0.4 is 4.72 Å². The molecule has 0 unspecified atom stereocenters. The first kappa shape index (κ1) is 8.31. The van der Waals surface area contributed by atoms with E-state index in [0.717, 1.165) is 0 Å². The molecule has 0 rings (SSSR count). The van der Waals surface area contributed by atoms with Crippen molar-refractivity contribution >= 4 is 11.9 Å². The Hall–Kier alpha value is 0.310. The highest BCUT2D eigenvalue weighted by molar-refractivity contribution is 7.97. The molecule has 2 heteroatoms. The molecule has 0 aromatic carbocycles. The van der Waals surface area contributed by atoms with Gasteiger partial charge in [0.15, 0.2) is 0 Å². The maximum absolute atomic E-state index is 3.04. The highest BCUT2D eigenvalue weighted by Gasteiger charge is 1.83. The van der Waals surface area contributed by atoms with Crippen molar-refractivity contribution < 1.29 is 0 Å². The van der Waals surface area contributed by atoms with Crippen LogP contribution in [0, 0.1) is 0 Å². The Bertz CT molecular complexity index is 33.5. The maximum atomic E-state index is 3.04. The Labute approximate surface area is 56.4 Å². The van der Waals surface area contributed by atoms with Crippen molar-refractivity contribution in [1.82, 2.24) is 4.72 Å². The molecule has 0 heterocycles. The van der Waals surface area contributed by atoms with Crippen molar-refractivity contribution in [2.45, 2.75) is 26.2 Å². The van der Waals surface area contributed by atoms with E-state index < -0.39 is 0 Å². The van der Waals surface area contributed by atoms with Crippen molar-refractivity contribution in [3.63, 3.8) is 0 Å². The zero-order valence-electron chi connectivity index (χ0n) is 5.74. The summed E-state index contributed by atoms with van der Waals surface area (Å²) in [7, 11) is 1.97. The lowest BCUT2D eigenvalue weighted by molar-refractivity contribution is 0.778. The van der Waals surface area contributed by atoms with Crippen molar-refractivity contribution in [3.05, 3.63) is 0 Å². The van der Waals surface area contributed by atoms with Crippen LogP contribution in [0.4, 0.5) is 0 Å². The minimum atomic E-state index is 1.25. The van der Waals surface area contributed by atoms with Crippen molar-refractivity contribution in [1.29, 1.82) is 0 Å². The molecule has 0 saturated heterocycles. The lowest BCUT2D eigenvalue weighted by atomic mass is 10.3. The summed E-state index contributed by atoms with van der Waals surface area (Å²) in [4.78, 5) is 0. The number of rotatable bonds is 5. The van der Waals surface area contributed by atoms with Gasteiger partial charge in [-0.2, -0.15) is 0 Å². The summed E-state index contributed by atoms with van der Waals surface area (Å²) in [5, 5.41) is 0. The topological polar surface area (TPSA) is 12.0 Å². The zero-order valence-corrected chi connectivity index (χ0v) is 6.55. The summed E-state index contributed by atoms with van der Waals surface area (Å²) in [5.74, 6) is 1.25. The Morgan fingerprint density at radius 2 is 2.12 bits per heavy atom. The molecule has 50 valence electrons. The summed E-state index contributed by atoms with van der Waals surface area (Å²) >= 11 is 1.80. The Balaban J connectivity index is 2.53. The summed E-state index contributed by atoms with van der Waals surface area (Å²) in [5.41, 5.74) is 0. The molecular formula is C6H15NS. The van der Waals surface area contributed by atoms with Gasteiger partial charge in [0, 0.05) is 5.75 Å². The first-order valence-electron chi connectivity index (χ1n) is 3.20. The van der Waals surface area contributed by atoms with E-state index in [1.165, 1.54) is 25.0 Å². The van der Waals surface area contributed by atoms with Gasteiger partial charge in [-0.25, -0.2) is 0 Å². The molecule has 0 aromatic heterocycles. The number of nitrogens with one attached hydrogen (secondary N) is 1. The van der Waals surface area contributed by atoms with Crippen molar-refractivity contribution in [2.24, 2.45) is 0 Å². The van der Waals surface area contributed by atoms with E-state index in [4.69, 9.17) is 0 Å². The van der Waals surface area contributed by atoms with Gasteiger partial charge in [-0.1, -0.05) is 31.7 Å². The smallest absolute Gasteiger partial charge is 0.00785 e. The predicted octanol–water partition coefficient (Wildman–Crippen LogP) is 2.04. The van der Waals surface area contributed by atoms with Crippen LogP contribution in [0.5, 0.6) is 0 Å². The Morgan fingerprint density at radius 3 is 2.62 bits per heavy atom. The normalized spacial score (nSPS) is 9.75. The van der Waals surface area contributed by atoms with Crippen LogP contribution in [0.1, 0.15) is 26.2 Å². The molecule has 0 aliphatic rings. The molecule has 0 saturated carbocycles. The fourth-order valence-electron chi connectivity index (χ4n) is 0.526. The summed E-state index contributed by atoms with van der Waals surface area (Å²) in [6.07, 6.45) is 4.04. The number of hydrogen-bond donors (Lipinski definition) is 1. The van der Waals surface area contributed by atoms with Gasteiger partial charge < -0.3 is 0 Å². The first-order valence-corrected chi connectivity index (χ1v) is 4.19. The van der Waals surface area contributed by atoms with Gasteiger partial charge in [0.1, 0.15) is 0 Å². The lowest BCUT2D eigenvalue weighted by Gasteiger charge is -1.95. The van der Waals surface area contributed by atoms with Crippen LogP contribution in [-0.4, -0.2) is 12.8 Å². The lowest BCUT2D eigenvalue weighted by Crippen LogP contribution is -1.93. The van der Waals surface area contributed by atoms with E-state index in [-0.39, 0.29) is 0 Å². The quantitative estimate of drug-likeness (QED) is 0.455. The third-order valence-corrected chi connectivity index (χ3v) is 1.78. The molecule has 1 N–H and O–H groups in total. The fourth-order valence-corrected chi connectivity index (χ4v) is 1.08. The summed E-state index contributed by atoms with van der Waals surface area (Å²) in [6, 6.07) is 0. The molecule has 0 radical (unpaired) electrons. The van der Waals surface area contributed by atoms with Crippen molar-refractivity contribution in [2.75, 3.05) is 12.8 Å². The second kappa shape index (κ2) is 7.31. The van der Waals surface area contributed by atoms with Crippen LogP contribution in [0.15, 0.2) is 0 Å². The number of hydrogen-bond acceptors (Lipinski definition) is 2. The fraction of sp³-hybridized carbons (Fsp3) is 1.00. The molecule has 1 nitrogen and oxygen atoms in total. The van der Waals surface area contributed by atoms with E-state index in [1.807, 2.05) is 7.05 Å². The molecule has 0 fully saturated rings. The summed E-state index contributed by atoms with van der Waals surface area (Å²) in [6.45, 7) is 2.23. The SMILES string of the molecule is CCCCCSNC. The monoisotopic (exact) mass is 133 g/mol. The molecule has 0 spiro atoms. The molecule has 0 atom stereocenters. The van der Waals surface area contributed by atoms with Gasteiger partial charge >= 0.3 is 0 Å². The van der Waals surface area contributed by atoms with E-state index in [2.05, 4.69) is 11.6 Å². The van der Waals surface area contributed by atoms with Gasteiger partial charge in [0.2, 0.25) is 0 Å². The average Bonchev–Trinajstić information content (AvgIpc) is 1.81. The molecule has 0 aliphatic heterocycles. The van der Waals surface area contributed by atoms with Gasteiger partial charge in [-0.3, -0.25) is 4.72 Å². The molecule has 8 heavy (non-hydrogen) atoms. The molecule has 0 aromatic rings. The highest BCUT2D eigenvalue weighted by Crippen LogP contribution is 2.00. The zero-order chi connectivity index (χ0) is 6.24. The van der Waals surface area contributed by atoms with Gasteiger partial charge in [0.05, 0.1) is 0 Å². The van der Waals surface area contributed by atoms with Gasteiger partial charge in [-0.15, -0.1) is 0 Å². The van der Waals surface area contributed by atoms with Crippen LogP contribution in [0.3, 0.4) is 0 Å². The van der Waals surface area contributed by atoms with Crippen LogP contribution in [0.25, 0.3) is 0 Å². The predicted molar refractivity (Wildman–Crippen MR) is 41.0 cm³/mol. The van der Waals surface area contributed by atoms with E-state index >= 15 is 0 Å². The minimum Gasteiger partial charge on any atom is -0.267 e. The van der Waals surface area contributed by atoms with Crippen LogP contribution in [0.2, 0.25) is 0 Å². The van der Waals surface area contributed by atoms with E-state index in [9.17, 15) is 0 Å². The van der Waals surface area contributed by atoms with Gasteiger partial charge in [0.25, 0.3) is 0 Å². The molecule has 0 aliphatic carbocycles.